The van der Waals surface area contributed by atoms with E-state index in [0.717, 1.165) is 47.9 Å². The highest BCUT2D eigenvalue weighted by atomic mass is 16.7. The van der Waals surface area contributed by atoms with Crippen LogP contribution in [-0.4, -0.2) is 123 Å². The van der Waals surface area contributed by atoms with Crippen molar-refractivity contribution in [3.8, 4) is 11.5 Å². The minimum absolute atomic E-state index is 0.0442. The largest absolute Gasteiger partial charge is 0.504 e. The van der Waals surface area contributed by atoms with Crippen molar-refractivity contribution >= 4 is 18.0 Å². The second kappa shape index (κ2) is 21.3. The van der Waals surface area contributed by atoms with E-state index in [1.165, 1.54) is 24.8 Å². The number of aliphatic hydroxyl groups excluding tert-OH is 4. The van der Waals surface area contributed by atoms with Gasteiger partial charge in [-0.2, -0.15) is 0 Å². The number of rotatable bonds is 14. The molecule has 14 nitrogen and oxygen atoms in total. The molecular formula is C70H87NO13. The number of methoxy groups -OCH3 is 1. The average Bonchev–Trinajstić information content (AvgIpc) is 0.860. The third kappa shape index (κ3) is 8.90. The van der Waals surface area contributed by atoms with Crippen molar-refractivity contribution in [1.29, 1.82) is 0 Å². The summed E-state index contributed by atoms with van der Waals surface area (Å²) in [6.45, 7) is 10.8. The second-order valence-corrected chi connectivity index (χ2v) is 28.2. The lowest BCUT2D eigenvalue weighted by Gasteiger charge is -2.75. The lowest BCUT2D eigenvalue weighted by Crippen LogP contribution is -2.76. The van der Waals surface area contributed by atoms with Crippen LogP contribution in [0.2, 0.25) is 0 Å². The predicted octanol–water partition coefficient (Wildman–Crippen LogP) is 8.13. The summed E-state index contributed by atoms with van der Waals surface area (Å²) >= 11 is 0. The van der Waals surface area contributed by atoms with Crippen LogP contribution in [0.25, 0.3) is 6.08 Å². The number of esters is 2. The van der Waals surface area contributed by atoms with Crippen molar-refractivity contribution in [2.45, 2.75) is 153 Å². The van der Waals surface area contributed by atoms with Gasteiger partial charge in [0.25, 0.3) is 0 Å². The number of carbonyl (C=O) groups is 2. The molecule has 13 aliphatic rings. The molecule has 14 heteroatoms. The Balaban J connectivity index is 0.955. The molecule has 3 saturated carbocycles. The van der Waals surface area contributed by atoms with Gasteiger partial charge < -0.3 is 60.0 Å². The molecule has 22 atom stereocenters. The Kier molecular flexibility index (Phi) is 14.7. The first-order valence-electron chi connectivity index (χ1n) is 31.4. The summed E-state index contributed by atoms with van der Waals surface area (Å²) in [5.74, 6) is -3.53. The quantitative estimate of drug-likeness (QED) is 0.0508. The third-order valence-electron chi connectivity index (χ3n) is 23.0. The molecule has 3 heterocycles. The molecule has 450 valence electrons. The van der Waals surface area contributed by atoms with E-state index in [0.29, 0.717) is 37.2 Å². The SMILES string of the molecule is COc1cc(/C=C(\C[C@H]2c3cc(CCO)ccc3CC[C@H]2CO)C(=O)O[C@@H]2[C@@H]3OC(=O)CC[C@H]4[C@H]5C=C[C@@]67C[C@@]89C=C(/C=C/[C@]3(O)[C@@H]3O[C@@]2(O)C=C[C@H]3NC[C@H](C)O)[C@@H](C[C@@H](C)[C@@H]8[C@H]2C=C[C@@]46[C@@H](C(CC(C)C)=C[C@H]7[C@@H]5C)[C@@H]2O)C9)ccc1O. The van der Waals surface area contributed by atoms with Crippen molar-refractivity contribution in [1.82, 2.24) is 5.32 Å². The number of aryl methyl sites for hydroxylation is 1. The minimum atomic E-state index is -2.46. The topological polar surface area (TPSA) is 225 Å². The van der Waals surface area contributed by atoms with Crippen LogP contribution in [0.1, 0.15) is 114 Å². The first kappa shape index (κ1) is 57.9. The smallest absolute Gasteiger partial charge is 0.334 e. The van der Waals surface area contributed by atoms with E-state index < -0.39 is 71.2 Å². The van der Waals surface area contributed by atoms with Gasteiger partial charge in [0, 0.05) is 54.4 Å². The number of hydrogen-bond donors (Lipinski definition) is 8. The van der Waals surface area contributed by atoms with Gasteiger partial charge in [-0.25, -0.2) is 4.79 Å². The fourth-order valence-corrected chi connectivity index (χ4v) is 19.9. The summed E-state index contributed by atoms with van der Waals surface area (Å²) in [5.41, 5.74) is 2.42. The van der Waals surface area contributed by atoms with E-state index >= 15 is 9.59 Å². The number of phenolic OH excluding ortho intramolecular Hbond substituents is 1. The molecule has 0 radical (unpaired) electrons. The Hall–Kier alpha value is -5.16. The van der Waals surface area contributed by atoms with Crippen LogP contribution in [0.5, 0.6) is 11.5 Å². The Morgan fingerprint density at radius 1 is 0.964 bits per heavy atom. The van der Waals surface area contributed by atoms with E-state index in [1.807, 2.05) is 24.3 Å². The fraction of sp³-hybridized carbons (Fsp3) is 0.600. The van der Waals surface area contributed by atoms with E-state index in [2.05, 4.69) is 69.5 Å². The molecule has 0 amide bonds. The van der Waals surface area contributed by atoms with Gasteiger partial charge in [0.1, 0.15) is 6.10 Å². The fourth-order valence-electron chi connectivity index (χ4n) is 19.9. The maximum Gasteiger partial charge on any atom is 0.334 e. The monoisotopic (exact) mass is 1150 g/mol. The number of nitrogens with one attached hydrogen (secondary N) is 1. The van der Waals surface area contributed by atoms with Crippen molar-refractivity contribution in [2.75, 3.05) is 26.9 Å². The zero-order valence-corrected chi connectivity index (χ0v) is 49.5. The van der Waals surface area contributed by atoms with Crippen LogP contribution in [-0.2, 0) is 36.6 Å². The highest BCUT2D eigenvalue weighted by molar-refractivity contribution is 5.94. The molecule has 8 N–H and O–H groups in total. The van der Waals surface area contributed by atoms with Crippen LogP contribution in [0.3, 0.4) is 0 Å². The lowest BCUT2D eigenvalue weighted by molar-refractivity contribution is -0.350. The van der Waals surface area contributed by atoms with Gasteiger partial charge in [-0.3, -0.25) is 4.79 Å². The number of carbonyl (C=O) groups excluding carboxylic acids is 2. The second-order valence-electron chi connectivity index (χ2n) is 28.2. The number of fused-ring (bicyclic) bond motifs is 7. The Bertz CT molecular complexity index is 3170. The van der Waals surface area contributed by atoms with Crippen LogP contribution >= 0.6 is 0 Å². The predicted molar refractivity (Wildman–Crippen MR) is 315 cm³/mol. The van der Waals surface area contributed by atoms with Gasteiger partial charge in [-0.1, -0.05) is 106 Å². The molecule has 15 rings (SSSR count). The minimum Gasteiger partial charge on any atom is -0.504 e. The third-order valence-corrected chi connectivity index (χ3v) is 23.0. The molecular weight excluding hydrogens is 1060 g/mol. The molecule has 84 heavy (non-hydrogen) atoms. The first-order chi connectivity index (χ1) is 40.2. The molecule has 2 aromatic carbocycles. The van der Waals surface area contributed by atoms with Crippen LogP contribution in [0, 0.1) is 81.3 Å². The highest BCUT2D eigenvalue weighted by Crippen LogP contribution is 2.80. The average molecular weight is 1150 g/mol. The summed E-state index contributed by atoms with van der Waals surface area (Å²) in [7, 11) is 1.43. The maximum atomic E-state index is 15.7. The molecule has 4 fully saturated rings. The van der Waals surface area contributed by atoms with Gasteiger partial charge >= 0.3 is 11.9 Å². The summed E-state index contributed by atoms with van der Waals surface area (Å²) < 4.78 is 25.7. The number of ether oxygens (including phenoxy) is 4. The van der Waals surface area contributed by atoms with E-state index in [9.17, 15) is 35.7 Å². The molecule has 3 aliphatic heterocycles. The molecule has 1 saturated heterocycles. The number of benzene rings is 2. The van der Waals surface area contributed by atoms with Gasteiger partial charge in [-0.05, 0) is 187 Å². The number of allylic oxidation sites excluding steroid dienone is 7. The number of phenols is 1. The van der Waals surface area contributed by atoms with Gasteiger partial charge in [-0.15, -0.1) is 0 Å². The number of hydrogen-bond acceptors (Lipinski definition) is 14. The Labute approximate surface area is 494 Å². The van der Waals surface area contributed by atoms with Crippen molar-refractivity contribution in [3.63, 3.8) is 0 Å². The van der Waals surface area contributed by atoms with Crippen LogP contribution in [0.15, 0.2) is 114 Å². The molecule has 10 aliphatic carbocycles. The lowest BCUT2D eigenvalue weighted by atomic mass is 9.28. The summed E-state index contributed by atoms with van der Waals surface area (Å²) in [6.07, 6.45) is 22.6. The first-order valence-corrected chi connectivity index (χ1v) is 31.4. The highest BCUT2D eigenvalue weighted by Gasteiger charge is 2.76. The van der Waals surface area contributed by atoms with Gasteiger partial charge in [0.2, 0.25) is 5.79 Å². The van der Waals surface area contributed by atoms with E-state index in [1.54, 1.807) is 37.3 Å². The molecule has 0 aromatic heterocycles. The van der Waals surface area contributed by atoms with E-state index in [4.69, 9.17) is 18.9 Å². The maximum absolute atomic E-state index is 15.7. The molecule has 0 unspecified atom stereocenters. The molecule has 2 aromatic rings. The zero-order chi connectivity index (χ0) is 59.0. The summed E-state index contributed by atoms with van der Waals surface area (Å²) in [6, 6.07) is 9.92. The van der Waals surface area contributed by atoms with Crippen LogP contribution < -0.4 is 10.1 Å². The van der Waals surface area contributed by atoms with Crippen molar-refractivity contribution < 1.29 is 64.3 Å². The van der Waals surface area contributed by atoms with Gasteiger partial charge in [0.05, 0.1) is 25.4 Å². The molecule has 3 spiro atoms. The van der Waals surface area contributed by atoms with E-state index in [-0.39, 0.29) is 120 Å². The number of aromatic hydroxyl groups is 1. The van der Waals surface area contributed by atoms with Crippen molar-refractivity contribution in [2.24, 2.45) is 81.3 Å². The molecule has 12 bridgehead atoms. The van der Waals surface area contributed by atoms with Crippen LogP contribution in [0.4, 0.5) is 0 Å². The zero-order valence-electron chi connectivity index (χ0n) is 49.5. The Morgan fingerprint density at radius 2 is 1.77 bits per heavy atom. The summed E-state index contributed by atoms with van der Waals surface area (Å²) in [5, 5.41) is 86.1. The van der Waals surface area contributed by atoms with Gasteiger partial charge in [0.15, 0.2) is 29.3 Å². The standard InChI is InChI=1S/C70H87NO13/c1-37(2)25-46-31-54-40(5)49-16-20-67(54)36-66-32-44-15-22-69(79)62-55(71-34-39(4)74)18-23-70(80,84-62)64(63(69)82-58(76)14-12-53(49)68(67)21-17-50(61(77)60(46)68)59(66)38(3)26-48(44)33-66)83-65(78)47(27-42-8-13-56(75)57(29-42)81-6)30-52-45(35-73)11-10-43-9-7-41(19-24-72)28-51(43)52/h7-9,13,15-18,20-23,27-29,31-32,37-40,45,48-50,52-55,59-64,71-75,77,79-80H,10-12,14,19,24-26,30,33-36H2,1-6H3/b22-15+,47-27+/t38-,39+,40-,45+,48+,49+,50-,52-,53+,54+,55-,59-,60+,61-,62-,63+,64-,66+,67+,68+,69+,70+/m1/s1. The Morgan fingerprint density at radius 3 is 2.54 bits per heavy atom. The normalized spacial score (nSPS) is 43.4. The number of aliphatic hydroxyl groups is 6. The van der Waals surface area contributed by atoms with Crippen molar-refractivity contribution in [3.05, 3.63) is 136 Å². The summed E-state index contributed by atoms with van der Waals surface area (Å²) in [4.78, 5) is 31.2.